The monoisotopic (exact) mass is 591 g/mol. The maximum Gasteiger partial charge on any atom is 0.249 e. The van der Waals surface area contributed by atoms with E-state index >= 15 is 0 Å². The van der Waals surface area contributed by atoms with Gasteiger partial charge in [0.1, 0.15) is 11.6 Å². The van der Waals surface area contributed by atoms with Crippen LogP contribution in [0.1, 0.15) is 72.8 Å². The van der Waals surface area contributed by atoms with E-state index in [0.717, 1.165) is 18.4 Å². The van der Waals surface area contributed by atoms with E-state index in [1.807, 2.05) is 66.5 Å². The van der Waals surface area contributed by atoms with E-state index in [9.17, 15) is 19.5 Å². The van der Waals surface area contributed by atoms with Crippen LogP contribution in [0.2, 0.25) is 0 Å². The van der Waals surface area contributed by atoms with E-state index in [1.165, 1.54) is 0 Å². The van der Waals surface area contributed by atoms with Gasteiger partial charge in [-0.1, -0.05) is 75.4 Å². The van der Waals surface area contributed by atoms with Crippen molar-refractivity contribution in [1.29, 1.82) is 0 Å². The number of unbranched alkanes of at least 4 members (excludes halogenated alkanes) is 2. The molecule has 4 heterocycles. The Labute approximate surface area is 256 Å². The van der Waals surface area contributed by atoms with Crippen LogP contribution in [0.5, 0.6) is 0 Å². The van der Waals surface area contributed by atoms with Crippen LogP contribution in [0.25, 0.3) is 0 Å². The highest BCUT2D eigenvalue weighted by Gasteiger charge is 2.74. The second kappa shape index (κ2) is 11.5. The molecule has 4 aliphatic rings. The van der Waals surface area contributed by atoms with Crippen molar-refractivity contribution in [3.05, 3.63) is 60.2 Å². The van der Waals surface area contributed by atoms with Crippen molar-refractivity contribution in [2.45, 2.75) is 96.6 Å². The molecule has 0 aliphatic carbocycles. The van der Waals surface area contributed by atoms with Crippen molar-refractivity contribution in [3.63, 3.8) is 0 Å². The average Bonchev–Trinajstić information content (AvgIpc) is 3.18. The summed E-state index contributed by atoms with van der Waals surface area (Å²) >= 11 is 0. The van der Waals surface area contributed by atoms with Crippen LogP contribution in [0.3, 0.4) is 0 Å². The minimum atomic E-state index is -1.26. The molecular formula is C35H49N3O5. The van der Waals surface area contributed by atoms with Crippen molar-refractivity contribution in [2.75, 3.05) is 26.2 Å². The molecule has 0 radical (unpaired) electrons. The van der Waals surface area contributed by atoms with E-state index < -0.39 is 34.6 Å². The fraction of sp³-hybridized carbons (Fsp3) is 0.629. The molecular weight excluding hydrogens is 542 g/mol. The lowest BCUT2D eigenvalue weighted by atomic mass is 9.74. The molecule has 5 atom stereocenters. The Bertz CT molecular complexity index is 1280. The zero-order valence-corrected chi connectivity index (χ0v) is 26.7. The number of aliphatic hydroxyl groups excluding tert-OH is 1. The molecule has 3 amide bonds. The van der Waals surface area contributed by atoms with E-state index in [1.54, 1.807) is 9.80 Å². The molecule has 2 fully saturated rings. The zero-order valence-electron chi connectivity index (χ0n) is 26.7. The van der Waals surface area contributed by atoms with Gasteiger partial charge in [0.2, 0.25) is 17.7 Å². The molecule has 8 nitrogen and oxygen atoms in total. The summed E-state index contributed by atoms with van der Waals surface area (Å²) in [4.78, 5) is 49.2. The molecule has 1 N–H and O–H groups in total. The number of carbonyl (C=O) groups excluding carboxylic acids is 3. The molecule has 0 aromatic heterocycles. The Hall–Kier alpha value is -2.97. The fourth-order valence-electron chi connectivity index (χ4n) is 8.27. The maximum atomic E-state index is 14.8. The number of amides is 3. The van der Waals surface area contributed by atoms with Crippen LogP contribution < -0.4 is 0 Å². The Balaban J connectivity index is 1.56. The summed E-state index contributed by atoms with van der Waals surface area (Å²) in [6.07, 6.45) is 10.6. The fourth-order valence-corrected chi connectivity index (χ4v) is 8.27. The lowest BCUT2D eigenvalue weighted by Gasteiger charge is -2.44. The van der Waals surface area contributed by atoms with Crippen LogP contribution in [0.4, 0.5) is 0 Å². The number of rotatable bonds is 9. The Kier molecular flexibility index (Phi) is 8.42. The number of fused-ring (bicyclic) bond motifs is 2. The van der Waals surface area contributed by atoms with Gasteiger partial charge >= 0.3 is 0 Å². The molecule has 234 valence electrons. The van der Waals surface area contributed by atoms with Gasteiger partial charge in [-0.2, -0.15) is 0 Å². The first kappa shape index (κ1) is 31.5. The highest BCUT2D eigenvalue weighted by molar-refractivity contribution is 6.00. The van der Waals surface area contributed by atoms with Gasteiger partial charge in [-0.15, -0.1) is 0 Å². The molecule has 1 unspecified atom stereocenters. The topological polar surface area (TPSA) is 90.4 Å². The highest BCUT2D eigenvalue weighted by Crippen LogP contribution is 2.58. The molecule has 1 aromatic rings. The lowest BCUT2D eigenvalue weighted by Crippen LogP contribution is -2.60. The highest BCUT2D eigenvalue weighted by atomic mass is 16.5. The standard InChI is InChI=1S/C35H49N3O5/c1-32(2,3)24-33(4,5)38-21-14-18-35-27(30(41)37(28(35)31(38)42)20-11-8-12-22-39)26-29(40)36(19-13-17-34(26,6)43-35)23-25-15-9-7-10-16-25/h7,9-10,13-18,26-28,39H,8,11-12,19-24H2,1-6H3/t26-,27-,28?,34+,35-/m0/s1. The first-order valence-corrected chi connectivity index (χ1v) is 15.9. The third-order valence-corrected chi connectivity index (χ3v) is 9.61. The summed E-state index contributed by atoms with van der Waals surface area (Å²) < 4.78 is 6.99. The van der Waals surface area contributed by atoms with Gasteiger partial charge < -0.3 is 24.5 Å². The molecule has 43 heavy (non-hydrogen) atoms. The SMILES string of the molecule is CC(C)(C)CC(C)(C)N1CC=C[C@]23O[C@]4(C)C=CCN(Cc5ccccc5)C(=O)[C@@H]4[C@H]2C(=O)N(CCCCCO)C3C1=O. The molecule has 4 aliphatic heterocycles. The molecule has 5 rings (SSSR count). The number of carbonyl (C=O) groups is 3. The molecule has 1 aromatic carbocycles. The van der Waals surface area contributed by atoms with Crippen LogP contribution >= 0.6 is 0 Å². The molecule has 0 bridgehead atoms. The van der Waals surface area contributed by atoms with Crippen molar-refractivity contribution in [3.8, 4) is 0 Å². The summed E-state index contributed by atoms with van der Waals surface area (Å²) in [6.45, 7) is 14.3. The predicted octanol–water partition coefficient (Wildman–Crippen LogP) is 4.33. The van der Waals surface area contributed by atoms with E-state index in [2.05, 4.69) is 34.6 Å². The summed E-state index contributed by atoms with van der Waals surface area (Å²) in [6, 6.07) is 9.00. The Morgan fingerprint density at radius 3 is 2.26 bits per heavy atom. The third kappa shape index (κ3) is 5.68. The Morgan fingerprint density at radius 1 is 0.884 bits per heavy atom. The molecule has 1 spiro atoms. The van der Waals surface area contributed by atoms with Gasteiger partial charge in [-0.3, -0.25) is 14.4 Å². The number of likely N-dealkylation sites (tertiary alicyclic amines) is 1. The predicted molar refractivity (Wildman–Crippen MR) is 166 cm³/mol. The smallest absolute Gasteiger partial charge is 0.249 e. The number of nitrogens with zero attached hydrogens (tertiary/aromatic N) is 3. The Morgan fingerprint density at radius 2 is 1.58 bits per heavy atom. The van der Waals surface area contributed by atoms with Gasteiger partial charge in [0.15, 0.2) is 0 Å². The van der Waals surface area contributed by atoms with Crippen molar-refractivity contribution >= 4 is 17.7 Å². The third-order valence-electron chi connectivity index (χ3n) is 9.61. The normalized spacial score (nSPS) is 30.8. The second-order valence-corrected chi connectivity index (χ2v) is 14.8. The summed E-state index contributed by atoms with van der Waals surface area (Å²) in [7, 11) is 0. The minimum Gasteiger partial charge on any atom is -0.396 e. The van der Waals surface area contributed by atoms with Crippen molar-refractivity contribution < 1.29 is 24.2 Å². The van der Waals surface area contributed by atoms with Gasteiger partial charge in [0, 0.05) is 38.3 Å². The quantitative estimate of drug-likeness (QED) is 0.341. The van der Waals surface area contributed by atoms with Crippen LogP contribution in [0.15, 0.2) is 54.6 Å². The van der Waals surface area contributed by atoms with E-state index in [4.69, 9.17) is 4.74 Å². The second-order valence-electron chi connectivity index (χ2n) is 14.8. The lowest BCUT2D eigenvalue weighted by molar-refractivity contribution is -0.156. The summed E-state index contributed by atoms with van der Waals surface area (Å²) in [5, 5.41) is 9.35. The van der Waals surface area contributed by atoms with E-state index in [-0.39, 0.29) is 29.7 Å². The largest absolute Gasteiger partial charge is 0.396 e. The zero-order chi connectivity index (χ0) is 31.2. The van der Waals surface area contributed by atoms with Gasteiger partial charge in [0.25, 0.3) is 0 Å². The van der Waals surface area contributed by atoms with Gasteiger partial charge in [-0.25, -0.2) is 0 Å². The number of aliphatic hydroxyl groups is 1. The maximum absolute atomic E-state index is 14.8. The number of ether oxygens (including phenoxy) is 1. The first-order valence-electron chi connectivity index (χ1n) is 15.9. The van der Waals surface area contributed by atoms with E-state index in [0.29, 0.717) is 39.0 Å². The molecule has 2 saturated heterocycles. The van der Waals surface area contributed by atoms with Gasteiger partial charge in [0.05, 0.1) is 17.4 Å². The van der Waals surface area contributed by atoms with Crippen LogP contribution in [0, 0.1) is 17.3 Å². The van der Waals surface area contributed by atoms with Gasteiger partial charge in [-0.05, 0) is 57.4 Å². The van der Waals surface area contributed by atoms with Crippen molar-refractivity contribution in [1.82, 2.24) is 14.7 Å². The average molecular weight is 592 g/mol. The molecule has 0 saturated carbocycles. The number of benzene rings is 1. The first-order chi connectivity index (χ1) is 20.2. The summed E-state index contributed by atoms with van der Waals surface area (Å²) in [5.41, 5.74) is -1.76. The number of hydrogen-bond donors (Lipinski definition) is 1. The van der Waals surface area contributed by atoms with Crippen LogP contribution in [-0.2, 0) is 25.7 Å². The van der Waals surface area contributed by atoms with Crippen LogP contribution in [-0.4, -0.2) is 86.6 Å². The van der Waals surface area contributed by atoms with Crippen molar-refractivity contribution in [2.24, 2.45) is 17.3 Å². The molecule has 8 heteroatoms. The summed E-state index contributed by atoms with van der Waals surface area (Å²) in [5.74, 6) is -2.03. The minimum absolute atomic E-state index is 0.0144. The number of hydrogen-bond acceptors (Lipinski definition) is 5.